The molecular weight excluding hydrogens is 510 g/mol. The lowest BCUT2D eigenvalue weighted by Gasteiger charge is -2.30. The van der Waals surface area contributed by atoms with Gasteiger partial charge in [-0.05, 0) is 43.3 Å². The number of nitrogens with one attached hydrogen (secondary N) is 3. The maximum atomic E-state index is 13.3. The maximum Gasteiger partial charge on any atom is 0.309 e. The van der Waals surface area contributed by atoms with Gasteiger partial charge in [0.1, 0.15) is 12.1 Å². The average molecular weight is 548 g/mol. The van der Waals surface area contributed by atoms with Gasteiger partial charge in [-0.25, -0.2) is 0 Å². The van der Waals surface area contributed by atoms with Crippen molar-refractivity contribution in [2.24, 2.45) is 5.92 Å². The summed E-state index contributed by atoms with van der Waals surface area (Å²) < 4.78 is 5.54. The van der Waals surface area contributed by atoms with E-state index in [1.165, 1.54) is 21.6 Å². The van der Waals surface area contributed by atoms with E-state index in [4.69, 9.17) is 4.74 Å². The molecule has 1 saturated heterocycles. The Morgan fingerprint density at radius 1 is 1.17 bits per heavy atom. The molecule has 35 heavy (non-hydrogen) atoms. The molecule has 2 heterocycles. The van der Waals surface area contributed by atoms with Crippen LogP contribution in [0.25, 0.3) is 0 Å². The van der Waals surface area contributed by atoms with Gasteiger partial charge in [-0.1, -0.05) is 47.9 Å². The third-order valence-electron chi connectivity index (χ3n) is 5.91. The number of aliphatic hydroxyl groups excluding tert-OH is 1. The highest BCUT2D eigenvalue weighted by Gasteiger charge is 2.34. The Hall–Kier alpha value is -1.37. The van der Waals surface area contributed by atoms with E-state index in [0.29, 0.717) is 25.0 Å². The van der Waals surface area contributed by atoms with Crippen LogP contribution in [-0.4, -0.2) is 76.2 Å². The summed E-state index contributed by atoms with van der Waals surface area (Å²) in [5.41, 5.74) is 0. The molecule has 0 radical (unpaired) electrons. The number of carbonyl (C=O) groups is 4. The monoisotopic (exact) mass is 547 g/mol. The Labute approximate surface area is 219 Å². The summed E-state index contributed by atoms with van der Waals surface area (Å²) in [5, 5.41) is 18.3. The van der Waals surface area contributed by atoms with Crippen molar-refractivity contribution in [3.05, 3.63) is 12.2 Å². The number of rotatable bonds is 5. The van der Waals surface area contributed by atoms with Gasteiger partial charge < -0.3 is 25.8 Å². The molecule has 2 aliphatic rings. The predicted molar refractivity (Wildman–Crippen MR) is 142 cm³/mol. The van der Waals surface area contributed by atoms with E-state index in [1.807, 2.05) is 26.2 Å². The number of amides is 3. The molecular formula is C23H37N3O6S3. The summed E-state index contributed by atoms with van der Waals surface area (Å²) in [4.78, 5) is 51.9. The summed E-state index contributed by atoms with van der Waals surface area (Å²) >= 11 is 1.55. The van der Waals surface area contributed by atoms with Crippen molar-refractivity contribution in [2.75, 3.05) is 17.8 Å². The molecule has 2 bridgehead atoms. The number of ether oxygens (including phenoxy) is 1. The molecule has 0 unspecified atom stereocenters. The van der Waals surface area contributed by atoms with E-state index < -0.39 is 53.4 Å². The highest BCUT2D eigenvalue weighted by atomic mass is 33.1. The Bertz CT molecular complexity index is 769. The fraction of sp³-hybridized carbons (Fsp3) is 0.739. The number of hydrogen-bond acceptors (Lipinski definition) is 9. The summed E-state index contributed by atoms with van der Waals surface area (Å²) in [7, 11) is 2.73. The Kier molecular flexibility index (Phi) is 13.4. The van der Waals surface area contributed by atoms with E-state index in [-0.39, 0.29) is 18.8 Å². The topological polar surface area (TPSA) is 134 Å². The highest BCUT2D eigenvalue weighted by molar-refractivity contribution is 8.77. The minimum absolute atomic E-state index is 0.126. The lowest BCUT2D eigenvalue weighted by atomic mass is 9.92. The summed E-state index contributed by atoms with van der Waals surface area (Å²) in [6.07, 6.45) is 5.59. The molecule has 0 aliphatic carbocycles. The standard InChI is InChI=1S/C23H37N3O6S3/c1-4-14(2)20-17(27)13-19(29)32-15-8-6-5-7-10-34-35-23(22(31)25-20)26-21(30)16(9-11-33-3)24-18(28)12-15/h6,8,14-17,20,23,27H,4-5,7,9-13H2,1-3H3,(H,24,28)(H,25,31)(H,26,30)/b8-6-/t14-,15-,16-,17+,20-,23-/m1/s1. The Morgan fingerprint density at radius 3 is 2.66 bits per heavy atom. The molecule has 1 fully saturated rings. The first-order valence-electron chi connectivity index (χ1n) is 12.0. The third kappa shape index (κ3) is 10.3. The molecule has 9 nitrogen and oxygen atoms in total. The van der Waals surface area contributed by atoms with Crippen LogP contribution in [0.2, 0.25) is 0 Å². The smallest absolute Gasteiger partial charge is 0.309 e. The first kappa shape index (κ1) is 29.9. The molecule has 12 heteroatoms. The van der Waals surface area contributed by atoms with Crippen LogP contribution in [-0.2, 0) is 23.9 Å². The van der Waals surface area contributed by atoms with Gasteiger partial charge in [0.2, 0.25) is 11.8 Å². The molecule has 4 N–H and O–H groups in total. The van der Waals surface area contributed by atoms with Crippen LogP contribution in [0.15, 0.2) is 12.2 Å². The quantitative estimate of drug-likeness (QED) is 0.232. The number of esters is 1. The van der Waals surface area contributed by atoms with Gasteiger partial charge in [-0.2, -0.15) is 11.8 Å². The molecule has 198 valence electrons. The Balaban J connectivity index is 2.46. The third-order valence-corrected chi connectivity index (χ3v) is 9.16. The van der Waals surface area contributed by atoms with Crippen LogP contribution < -0.4 is 16.0 Å². The van der Waals surface area contributed by atoms with Gasteiger partial charge in [-0.3, -0.25) is 19.2 Å². The van der Waals surface area contributed by atoms with Crippen LogP contribution >= 0.6 is 33.3 Å². The van der Waals surface area contributed by atoms with Gasteiger partial charge in [0, 0.05) is 5.75 Å². The van der Waals surface area contributed by atoms with Crippen molar-refractivity contribution in [3.8, 4) is 0 Å². The van der Waals surface area contributed by atoms with E-state index in [9.17, 15) is 24.3 Å². The van der Waals surface area contributed by atoms with Gasteiger partial charge in [0.05, 0.1) is 25.0 Å². The summed E-state index contributed by atoms with van der Waals surface area (Å²) in [6, 6.07) is -1.54. The largest absolute Gasteiger partial charge is 0.457 e. The molecule has 0 aromatic rings. The number of thioether (sulfide) groups is 1. The van der Waals surface area contributed by atoms with Gasteiger partial charge >= 0.3 is 5.97 Å². The highest BCUT2D eigenvalue weighted by Crippen LogP contribution is 2.28. The second kappa shape index (κ2) is 15.7. The SMILES string of the molecule is CC[C@@H](C)[C@H]1NC(=O)[C@@H]2NC(=O)[C@@H](CCSC)NC(=O)C[C@@H](/C=C\CCCSS2)OC(=O)C[C@@H]1O. The molecule has 0 aromatic heterocycles. The Morgan fingerprint density at radius 2 is 1.94 bits per heavy atom. The molecule has 3 amide bonds. The first-order chi connectivity index (χ1) is 16.7. The van der Waals surface area contributed by atoms with Crippen LogP contribution in [0.3, 0.4) is 0 Å². The second-order valence-corrected chi connectivity index (χ2v) is 12.3. The zero-order chi connectivity index (χ0) is 25.8. The fourth-order valence-electron chi connectivity index (χ4n) is 3.70. The minimum Gasteiger partial charge on any atom is -0.457 e. The lowest BCUT2D eigenvalue weighted by Crippen LogP contribution is -2.56. The number of fused-ring (bicyclic) bond motifs is 7. The number of hydrogen-bond donors (Lipinski definition) is 4. The molecule has 0 spiro atoms. The number of allylic oxidation sites excluding steroid dienone is 1. The van der Waals surface area contributed by atoms with Crippen molar-refractivity contribution in [1.82, 2.24) is 16.0 Å². The second-order valence-electron chi connectivity index (χ2n) is 8.70. The van der Waals surface area contributed by atoms with E-state index in [2.05, 4.69) is 16.0 Å². The molecule has 2 aliphatic heterocycles. The number of carbonyl (C=O) groups excluding carboxylic acids is 4. The first-order valence-corrected chi connectivity index (χ1v) is 15.7. The van der Waals surface area contributed by atoms with Crippen LogP contribution in [0, 0.1) is 5.92 Å². The average Bonchev–Trinajstić information content (AvgIpc) is 2.81. The van der Waals surface area contributed by atoms with Gasteiger partial charge in [0.25, 0.3) is 5.91 Å². The fourth-order valence-corrected chi connectivity index (χ4v) is 6.47. The van der Waals surface area contributed by atoms with E-state index >= 15 is 0 Å². The van der Waals surface area contributed by atoms with Crippen LogP contribution in [0.4, 0.5) is 0 Å². The van der Waals surface area contributed by atoms with Crippen molar-refractivity contribution in [1.29, 1.82) is 0 Å². The summed E-state index contributed by atoms with van der Waals surface area (Å²) in [6.45, 7) is 3.82. The zero-order valence-corrected chi connectivity index (χ0v) is 22.9. The van der Waals surface area contributed by atoms with Crippen LogP contribution in [0.5, 0.6) is 0 Å². The van der Waals surface area contributed by atoms with Crippen molar-refractivity contribution in [2.45, 2.75) is 82.0 Å². The van der Waals surface area contributed by atoms with Gasteiger partial charge in [0.15, 0.2) is 5.37 Å². The van der Waals surface area contributed by atoms with Crippen LogP contribution in [0.1, 0.15) is 52.4 Å². The van der Waals surface area contributed by atoms with Gasteiger partial charge in [-0.15, -0.1) is 0 Å². The minimum atomic E-state index is -1.18. The molecule has 2 rings (SSSR count). The van der Waals surface area contributed by atoms with Crippen molar-refractivity contribution >= 4 is 57.0 Å². The van der Waals surface area contributed by atoms with Crippen molar-refractivity contribution in [3.63, 3.8) is 0 Å². The lowest BCUT2D eigenvalue weighted by molar-refractivity contribution is -0.151. The van der Waals surface area contributed by atoms with E-state index in [1.54, 1.807) is 17.8 Å². The molecule has 6 atom stereocenters. The number of aliphatic hydroxyl groups is 1. The van der Waals surface area contributed by atoms with Crippen molar-refractivity contribution < 1.29 is 29.0 Å². The summed E-state index contributed by atoms with van der Waals surface area (Å²) in [5.74, 6) is -0.739. The normalized spacial score (nSPS) is 31.5. The molecule has 0 aromatic carbocycles. The predicted octanol–water partition coefficient (Wildman–Crippen LogP) is 2.00. The van der Waals surface area contributed by atoms with E-state index in [0.717, 1.165) is 12.2 Å². The zero-order valence-electron chi connectivity index (χ0n) is 20.5. The maximum absolute atomic E-state index is 13.3. The molecule has 0 saturated carbocycles.